The maximum absolute atomic E-state index is 11.7. The molecule has 136 valence electrons. The van der Waals surface area contributed by atoms with E-state index in [0.29, 0.717) is 18.5 Å². The van der Waals surface area contributed by atoms with Gasteiger partial charge in [0, 0.05) is 30.3 Å². The zero-order valence-corrected chi connectivity index (χ0v) is 14.7. The lowest BCUT2D eigenvalue weighted by atomic mass is 10.0. The largest absolute Gasteiger partial charge is 0.363 e. The minimum Gasteiger partial charge on any atom is -0.363 e. The second-order valence-electron chi connectivity index (χ2n) is 6.60. The Bertz CT molecular complexity index is 762. The maximum atomic E-state index is 11.7. The molecule has 0 bridgehead atoms. The van der Waals surface area contributed by atoms with Crippen LogP contribution in [0.1, 0.15) is 29.3 Å². The van der Waals surface area contributed by atoms with Gasteiger partial charge in [-0.3, -0.25) is 14.8 Å². The van der Waals surface area contributed by atoms with Crippen molar-refractivity contribution in [3.63, 3.8) is 0 Å². The predicted molar refractivity (Wildman–Crippen MR) is 99.2 cm³/mol. The summed E-state index contributed by atoms with van der Waals surface area (Å²) in [6, 6.07) is 17.5. The Kier molecular flexibility index (Phi) is 5.53. The van der Waals surface area contributed by atoms with Crippen molar-refractivity contribution in [2.24, 2.45) is 0 Å². The number of carbonyl (C=O) groups excluding carboxylic acids is 2. The Balaban J connectivity index is 1.85. The van der Waals surface area contributed by atoms with Gasteiger partial charge in [0.1, 0.15) is 0 Å². The molecule has 1 heterocycles. The molecule has 0 aromatic heterocycles. The number of hydrogen-bond acceptors (Lipinski definition) is 4. The van der Waals surface area contributed by atoms with Gasteiger partial charge >= 0.3 is 0 Å². The number of hydroxylamine groups is 1. The second kappa shape index (κ2) is 8.01. The lowest BCUT2D eigenvalue weighted by Gasteiger charge is -2.36. The fourth-order valence-corrected chi connectivity index (χ4v) is 3.51. The summed E-state index contributed by atoms with van der Waals surface area (Å²) >= 11 is 0. The molecule has 2 aromatic carbocycles. The topological polar surface area (TPSA) is 81.7 Å². The van der Waals surface area contributed by atoms with Gasteiger partial charge in [-0.15, -0.1) is 0 Å². The van der Waals surface area contributed by atoms with E-state index in [1.165, 1.54) is 5.56 Å². The van der Waals surface area contributed by atoms with Gasteiger partial charge in [0.2, 0.25) is 5.91 Å². The molecule has 1 saturated heterocycles. The van der Waals surface area contributed by atoms with Gasteiger partial charge in [-0.05, 0) is 43.2 Å². The first-order valence-corrected chi connectivity index (χ1v) is 8.72. The summed E-state index contributed by atoms with van der Waals surface area (Å²) in [4.78, 5) is 25.5. The van der Waals surface area contributed by atoms with Crippen LogP contribution in [-0.2, 0) is 11.2 Å². The first-order chi connectivity index (χ1) is 12.6. The van der Waals surface area contributed by atoms with Crippen LogP contribution in [0.2, 0.25) is 0 Å². The van der Waals surface area contributed by atoms with E-state index < -0.39 is 5.91 Å². The molecule has 0 aliphatic carbocycles. The monoisotopic (exact) mass is 353 g/mol. The first kappa shape index (κ1) is 17.9. The Morgan fingerprint density at radius 2 is 1.92 bits per heavy atom. The van der Waals surface area contributed by atoms with Crippen LogP contribution in [0.3, 0.4) is 0 Å². The number of amides is 2. The molecule has 3 rings (SSSR count). The summed E-state index contributed by atoms with van der Waals surface area (Å²) in [6.45, 7) is 2.75. The highest BCUT2D eigenvalue weighted by molar-refractivity contribution is 5.93. The van der Waals surface area contributed by atoms with E-state index in [2.05, 4.69) is 29.3 Å². The van der Waals surface area contributed by atoms with Crippen molar-refractivity contribution in [3.8, 4) is 0 Å². The van der Waals surface area contributed by atoms with Crippen LogP contribution in [-0.4, -0.2) is 35.7 Å². The van der Waals surface area contributed by atoms with Crippen molar-refractivity contribution in [1.29, 1.82) is 0 Å². The molecule has 2 amide bonds. The molecule has 1 aliphatic heterocycles. The first-order valence-electron chi connectivity index (χ1n) is 8.72. The van der Waals surface area contributed by atoms with Gasteiger partial charge in [0.15, 0.2) is 0 Å². The van der Waals surface area contributed by atoms with Gasteiger partial charge in [-0.25, -0.2) is 5.48 Å². The van der Waals surface area contributed by atoms with Gasteiger partial charge < -0.3 is 10.2 Å². The Labute approximate surface area is 152 Å². The van der Waals surface area contributed by atoms with Crippen molar-refractivity contribution >= 4 is 17.5 Å². The SMILES string of the molecule is CC(Cc1ccccc1)N(c1ccc(C(=O)NO)cc1)C1CNC(=O)C1. The number of anilines is 1. The molecule has 2 atom stereocenters. The smallest absolute Gasteiger partial charge is 0.274 e. The van der Waals surface area contributed by atoms with Gasteiger partial charge in [0.05, 0.1) is 6.04 Å². The fraction of sp³-hybridized carbons (Fsp3) is 0.300. The number of benzene rings is 2. The molecule has 0 radical (unpaired) electrons. The lowest BCUT2D eigenvalue weighted by molar-refractivity contribution is -0.119. The van der Waals surface area contributed by atoms with Gasteiger partial charge in [-0.1, -0.05) is 30.3 Å². The third kappa shape index (κ3) is 4.03. The summed E-state index contributed by atoms with van der Waals surface area (Å²) in [5.74, 6) is -0.485. The van der Waals surface area contributed by atoms with E-state index in [0.717, 1.165) is 12.1 Å². The molecule has 3 N–H and O–H groups in total. The molecule has 2 unspecified atom stereocenters. The van der Waals surface area contributed by atoms with Crippen molar-refractivity contribution in [2.75, 3.05) is 11.4 Å². The maximum Gasteiger partial charge on any atom is 0.274 e. The van der Waals surface area contributed by atoms with E-state index in [-0.39, 0.29) is 18.0 Å². The molecule has 6 nitrogen and oxygen atoms in total. The third-order valence-electron chi connectivity index (χ3n) is 4.73. The molecule has 1 aliphatic rings. The van der Waals surface area contributed by atoms with Crippen LogP contribution in [0.5, 0.6) is 0 Å². The minimum absolute atomic E-state index is 0.0585. The molecule has 0 spiro atoms. The lowest BCUT2D eigenvalue weighted by Crippen LogP contribution is -2.44. The quantitative estimate of drug-likeness (QED) is 0.549. The normalized spacial score (nSPS) is 17.5. The average Bonchev–Trinajstić information content (AvgIpc) is 3.08. The molecule has 0 saturated carbocycles. The number of nitrogens with one attached hydrogen (secondary N) is 2. The molecular formula is C20H23N3O3. The summed E-state index contributed by atoms with van der Waals surface area (Å²) in [5, 5.41) is 11.7. The van der Waals surface area contributed by atoms with E-state index >= 15 is 0 Å². The van der Waals surface area contributed by atoms with E-state index in [1.54, 1.807) is 17.6 Å². The fourth-order valence-electron chi connectivity index (χ4n) is 3.51. The van der Waals surface area contributed by atoms with Crippen molar-refractivity contribution < 1.29 is 14.8 Å². The van der Waals surface area contributed by atoms with Crippen LogP contribution in [0, 0.1) is 0 Å². The highest BCUT2D eigenvalue weighted by Crippen LogP contribution is 2.25. The van der Waals surface area contributed by atoms with Crippen LogP contribution >= 0.6 is 0 Å². The van der Waals surface area contributed by atoms with Crippen molar-refractivity contribution in [3.05, 3.63) is 65.7 Å². The highest BCUT2D eigenvalue weighted by atomic mass is 16.5. The predicted octanol–water partition coefficient (Wildman–Crippen LogP) is 2.13. The van der Waals surface area contributed by atoms with Crippen LogP contribution in [0.15, 0.2) is 54.6 Å². The average molecular weight is 353 g/mol. The van der Waals surface area contributed by atoms with Crippen molar-refractivity contribution in [1.82, 2.24) is 10.8 Å². The summed E-state index contributed by atoms with van der Waals surface area (Å²) in [6.07, 6.45) is 1.31. The molecule has 26 heavy (non-hydrogen) atoms. The molecular weight excluding hydrogens is 330 g/mol. The van der Waals surface area contributed by atoms with Gasteiger partial charge in [0.25, 0.3) is 5.91 Å². The standard InChI is InChI=1S/C20H23N3O3/c1-14(11-15-5-3-2-4-6-15)23(18-12-19(24)21-13-18)17-9-7-16(8-10-17)20(25)22-26/h2-10,14,18,26H,11-13H2,1H3,(H,21,24)(H,22,25). The molecule has 1 fully saturated rings. The summed E-state index contributed by atoms with van der Waals surface area (Å²) in [7, 11) is 0. The zero-order valence-electron chi connectivity index (χ0n) is 14.7. The highest BCUT2D eigenvalue weighted by Gasteiger charge is 2.30. The van der Waals surface area contributed by atoms with E-state index in [9.17, 15) is 9.59 Å². The van der Waals surface area contributed by atoms with Gasteiger partial charge in [-0.2, -0.15) is 0 Å². The van der Waals surface area contributed by atoms with Crippen molar-refractivity contribution in [2.45, 2.75) is 31.8 Å². The van der Waals surface area contributed by atoms with Crippen LogP contribution in [0.25, 0.3) is 0 Å². The third-order valence-corrected chi connectivity index (χ3v) is 4.73. The van der Waals surface area contributed by atoms with E-state index in [1.807, 2.05) is 30.3 Å². The number of nitrogens with zero attached hydrogens (tertiary/aromatic N) is 1. The summed E-state index contributed by atoms with van der Waals surface area (Å²) < 4.78 is 0. The zero-order chi connectivity index (χ0) is 18.5. The number of carbonyl (C=O) groups is 2. The van der Waals surface area contributed by atoms with Crippen LogP contribution < -0.4 is 15.7 Å². The van der Waals surface area contributed by atoms with E-state index in [4.69, 9.17) is 5.21 Å². The summed E-state index contributed by atoms with van der Waals surface area (Å²) in [5.41, 5.74) is 4.20. The second-order valence-corrected chi connectivity index (χ2v) is 6.60. The number of rotatable bonds is 6. The molecule has 6 heteroatoms. The number of hydrogen-bond donors (Lipinski definition) is 3. The molecule has 2 aromatic rings. The minimum atomic E-state index is -0.543. The van der Waals surface area contributed by atoms with Crippen LogP contribution in [0.4, 0.5) is 5.69 Å². The Hall–Kier alpha value is -2.86. The Morgan fingerprint density at radius 3 is 2.50 bits per heavy atom. The Morgan fingerprint density at radius 1 is 1.23 bits per heavy atom.